The van der Waals surface area contributed by atoms with Gasteiger partial charge in [-0.05, 0) is 58.8 Å². The van der Waals surface area contributed by atoms with Crippen LogP contribution < -0.4 is 5.73 Å². The summed E-state index contributed by atoms with van der Waals surface area (Å²) in [7, 11) is 5.18. The number of phenols is 1. The SMILES string of the molecule is C=C1C(C(N)=O)=C(O)[C@@H](N(C)C)[C@@H]2C[C@@H]3Cc4c(F)c(CN(C)C5CCCC5)cc(O)c4C(O)=C3C(=O)[C@]12O. The Bertz CT molecular complexity index is 1340. The fourth-order valence-corrected chi connectivity index (χ4v) is 7.38. The van der Waals surface area contributed by atoms with Gasteiger partial charge in [-0.2, -0.15) is 0 Å². The van der Waals surface area contributed by atoms with Gasteiger partial charge in [0.1, 0.15) is 23.1 Å². The van der Waals surface area contributed by atoms with E-state index in [9.17, 15) is 30.0 Å². The first-order chi connectivity index (χ1) is 18.3. The maximum atomic E-state index is 16.0. The predicted molar refractivity (Wildman–Crippen MR) is 142 cm³/mol. The molecule has 0 unspecified atom stereocenters. The van der Waals surface area contributed by atoms with E-state index in [1.165, 1.54) is 6.07 Å². The number of halogens is 1. The summed E-state index contributed by atoms with van der Waals surface area (Å²) in [6, 6.07) is 0.668. The molecule has 6 N–H and O–H groups in total. The van der Waals surface area contributed by atoms with Gasteiger partial charge in [0.15, 0.2) is 11.4 Å². The van der Waals surface area contributed by atoms with Gasteiger partial charge in [0.05, 0.1) is 17.2 Å². The zero-order chi connectivity index (χ0) is 28.5. The topological polar surface area (TPSA) is 148 Å². The van der Waals surface area contributed by atoms with E-state index < -0.39 is 58.1 Å². The van der Waals surface area contributed by atoms with Crippen LogP contribution in [0.5, 0.6) is 5.75 Å². The number of aliphatic hydroxyl groups is 3. The van der Waals surface area contributed by atoms with Crippen LogP contribution in [0.3, 0.4) is 0 Å². The lowest BCUT2D eigenvalue weighted by molar-refractivity contribution is -0.143. The van der Waals surface area contributed by atoms with E-state index in [2.05, 4.69) is 11.5 Å². The number of carbonyl (C=O) groups is 2. The van der Waals surface area contributed by atoms with Gasteiger partial charge in [-0.3, -0.25) is 19.4 Å². The number of amides is 1. The van der Waals surface area contributed by atoms with E-state index in [0.717, 1.165) is 25.7 Å². The molecule has 9 nitrogen and oxygen atoms in total. The number of aliphatic hydroxyl groups excluding tert-OH is 2. The summed E-state index contributed by atoms with van der Waals surface area (Å²) in [4.78, 5) is 29.8. The van der Waals surface area contributed by atoms with Gasteiger partial charge in [0, 0.05) is 40.8 Å². The van der Waals surface area contributed by atoms with E-state index in [-0.39, 0.29) is 47.4 Å². The number of hydrogen-bond acceptors (Lipinski definition) is 8. The molecule has 39 heavy (non-hydrogen) atoms. The maximum absolute atomic E-state index is 16.0. The highest BCUT2D eigenvalue weighted by Crippen LogP contribution is 2.54. The van der Waals surface area contributed by atoms with Crippen molar-refractivity contribution >= 4 is 17.4 Å². The first kappa shape index (κ1) is 27.4. The Hall–Kier alpha value is -3.21. The van der Waals surface area contributed by atoms with E-state index in [1.54, 1.807) is 19.0 Å². The molecular weight excluding hydrogens is 505 g/mol. The number of ketones is 1. The van der Waals surface area contributed by atoms with Gasteiger partial charge >= 0.3 is 0 Å². The molecule has 4 aliphatic carbocycles. The number of aromatic hydroxyl groups is 1. The van der Waals surface area contributed by atoms with E-state index in [4.69, 9.17) is 5.73 Å². The lowest BCUT2D eigenvalue weighted by Crippen LogP contribution is -2.63. The smallest absolute Gasteiger partial charge is 0.252 e. The van der Waals surface area contributed by atoms with E-state index >= 15 is 4.39 Å². The van der Waals surface area contributed by atoms with Crippen LogP contribution in [0.15, 0.2) is 35.1 Å². The quantitative estimate of drug-likeness (QED) is 0.382. The van der Waals surface area contributed by atoms with Gasteiger partial charge in [0.2, 0.25) is 0 Å². The molecule has 5 rings (SSSR count). The van der Waals surface area contributed by atoms with E-state index in [0.29, 0.717) is 11.6 Å². The van der Waals surface area contributed by atoms with Crippen LogP contribution in [-0.4, -0.2) is 80.7 Å². The Morgan fingerprint density at radius 1 is 1.21 bits per heavy atom. The Kier molecular flexibility index (Phi) is 6.64. The van der Waals surface area contributed by atoms with Crippen molar-refractivity contribution in [1.29, 1.82) is 0 Å². The zero-order valence-corrected chi connectivity index (χ0v) is 22.5. The molecule has 10 heteroatoms. The fourth-order valence-electron chi connectivity index (χ4n) is 7.38. The number of benzene rings is 1. The first-order valence-corrected chi connectivity index (χ1v) is 13.3. The van der Waals surface area contributed by atoms with Crippen molar-refractivity contribution in [2.45, 2.75) is 62.8 Å². The van der Waals surface area contributed by atoms with Crippen molar-refractivity contribution in [2.24, 2.45) is 17.6 Å². The average molecular weight is 542 g/mol. The second kappa shape index (κ2) is 9.46. The number of Topliss-reactive ketones (excluding diaryl/α,β-unsaturated/α-hetero) is 1. The lowest BCUT2D eigenvalue weighted by atomic mass is 9.56. The Morgan fingerprint density at radius 2 is 1.85 bits per heavy atom. The second-order valence-electron chi connectivity index (χ2n) is 11.7. The number of phenolic OH excluding ortho intramolecular Hbond substituents is 1. The molecule has 210 valence electrons. The monoisotopic (exact) mass is 541 g/mol. The minimum Gasteiger partial charge on any atom is -0.510 e. The third-order valence-electron chi connectivity index (χ3n) is 9.28. The summed E-state index contributed by atoms with van der Waals surface area (Å²) in [5.74, 6) is -5.49. The normalized spacial score (nSPS) is 29.3. The van der Waals surface area contributed by atoms with Crippen molar-refractivity contribution in [3.63, 3.8) is 0 Å². The zero-order valence-electron chi connectivity index (χ0n) is 22.5. The summed E-state index contributed by atoms with van der Waals surface area (Å²) in [6.07, 6.45) is 4.41. The molecule has 0 spiro atoms. The number of likely N-dealkylation sites (N-methyl/N-ethyl adjacent to an activating group) is 1. The third-order valence-corrected chi connectivity index (χ3v) is 9.28. The molecule has 2 fully saturated rings. The van der Waals surface area contributed by atoms with Gasteiger partial charge in [-0.25, -0.2) is 4.39 Å². The number of rotatable bonds is 5. The lowest BCUT2D eigenvalue weighted by Gasteiger charge is -2.52. The maximum Gasteiger partial charge on any atom is 0.252 e. The molecule has 4 aliphatic rings. The molecule has 4 atom stereocenters. The van der Waals surface area contributed by atoms with Crippen molar-refractivity contribution in [1.82, 2.24) is 9.80 Å². The highest BCUT2D eigenvalue weighted by Gasteiger charge is 2.62. The molecule has 0 bridgehead atoms. The third kappa shape index (κ3) is 3.91. The van der Waals surface area contributed by atoms with Crippen LogP contribution in [-0.2, 0) is 22.6 Å². The van der Waals surface area contributed by atoms with E-state index in [1.807, 2.05) is 7.05 Å². The average Bonchev–Trinajstić information content (AvgIpc) is 3.39. The molecule has 0 aliphatic heterocycles. The number of primary amides is 1. The number of nitrogens with two attached hydrogens (primary N) is 1. The summed E-state index contributed by atoms with van der Waals surface area (Å²) in [5, 5.41) is 45.0. The van der Waals surface area contributed by atoms with Crippen molar-refractivity contribution in [2.75, 3.05) is 21.1 Å². The van der Waals surface area contributed by atoms with Crippen LogP contribution in [0.2, 0.25) is 0 Å². The predicted octanol–water partition coefficient (Wildman–Crippen LogP) is 2.46. The highest BCUT2D eigenvalue weighted by molar-refractivity contribution is 6.13. The summed E-state index contributed by atoms with van der Waals surface area (Å²) < 4.78 is 16.0. The molecule has 0 heterocycles. The number of fused-ring (bicyclic) bond motifs is 3. The fraction of sp³-hybridized carbons (Fsp3) is 0.517. The molecule has 0 radical (unpaired) electrons. The van der Waals surface area contributed by atoms with Gasteiger partial charge < -0.3 is 26.2 Å². The van der Waals surface area contributed by atoms with Crippen molar-refractivity contribution < 1.29 is 34.4 Å². The Labute approximate surface area is 226 Å². The number of nitrogens with zero attached hydrogens (tertiary/aromatic N) is 2. The van der Waals surface area contributed by atoms with Gasteiger partial charge in [0.25, 0.3) is 5.91 Å². The molecule has 2 saturated carbocycles. The standard InChI is InChI=1S/C29H36FN3O6/c1-13-20(28(31)38)26(36)24(32(2)3)18-10-14-9-17-22(25(35)21(14)27(37)29(13,18)39)19(34)11-15(23(17)30)12-33(4)16-7-5-6-8-16/h11,14,16,18,24,34-36,39H,1,5-10,12H2,2-4H3,(H2,31,38)/t14-,18-,24-,29-/m0/s1. The minimum absolute atomic E-state index is 0.00714. The molecular formula is C29H36FN3O6. The molecule has 0 saturated heterocycles. The summed E-state index contributed by atoms with van der Waals surface area (Å²) in [5.41, 5.74) is 2.46. The van der Waals surface area contributed by atoms with Crippen molar-refractivity contribution in [3.05, 3.63) is 57.6 Å². The highest BCUT2D eigenvalue weighted by atomic mass is 19.1. The van der Waals surface area contributed by atoms with Crippen LogP contribution >= 0.6 is 0 Å². The Morgan fingerprint density at radius 3 is 2.44 bits per heavy atom. The van der Waals surface area contributed by atoms with Gasteiger partial charge in [-0.15, -0.1) is 0 Å². The minimum atomic E-state index is -2.35. The molecule has 1 aromatic carbocycles. The van der Waals surface area contributed by atoms with Crippen LogP contribution in [0, 0.1) is 17.7 Å². The molecule has 0 aromatic heterocycles. The number of hydrogen-bond donors (Lipinski definition) is 5. The largest absolute Gasteiger partial charge is 0.510 e. The van der Waals surface area contributed by atoms with Crippen LogP contribution in [0.1, 0.15) is 48.8 Å². The summed E-state index contributed by atoms with van der Waals surface area (Å²) in [6.45, 7) is 4.04. The first-order valence-electron chi connectivity index (χ1n) is 13.3. The van der Waals surface area contributed by atoms with Gasteiger partial charge in [-0.1, -0.05) is 19.4 Å². The van der Waals surface area contributed by atoms with Crippen molar-refractivity contribution in [3.8, 4) is 5.75 Å². The second-order valence-corrected chi connectivity index (χ2v) is 11.7. The van der Waals surface area contributed by atoms with Crippen LogP contribution in [0.4, 0.5) is 4.39 Å². The summed E-state index contributed by atoms with van der Waals surface area (Å²) >= 11 is 0. The molecule has 1 aromatic rings. The Balaban J connectivity index is 1.61. The number of carbonyl (C=O) groups excluding carboxylic acids is 2. The van der Waals surface area contributed by atoms with Crippen LogP contribution in [0.25, 0.3) is 5.76 Å². The molecule has 1 amide bonds.